The van der Waals surface area contributed by atoms with Crippen LogP contribution in [0.15, 0.2) is 29.3 Å². The van der Waals surface area contributed by atoms with Gasteiger partial charge in [0.25, 0.3) is 0 Å². The van der Waals surface area contributed by atoms with Crippen molar-refractivity contribution in [1.82, 2.24) is 4.90 Å². The number of nitrogens with one attached hydrogen (secondary N) is 1. The van der Waals surface area contributed by atoms with Crippen molar-refractivity contribution in [2.24, 2.45) is 4.99 Å². The number of amides is 2. The maximum atomic E-state index is 12.4. The van der Waals surface area contributed by atoms with E-state index in [0.717, 1.165) is 55.8 Å². The molecule has 2 amide bonds. The van der Waals surface area contributed by atoms with E-state index in [4.69, 9.17) is 4.74 Å². The van der Waals surface area contributed by atoms with E-state index >= 15 is 0 Å². The third kappa shape index (κ3) is 3.71. The molecule has 0 saturated carbocycles. The molecule has 3 aliphatic rings. The van der Waals surface area contributed by atoms with Gasteiger partial charge in [-0.05, 0) is 30.7 Å². The Balaban J connectivity index is 1.33. The Morgan fingerprint density at radius 3 is 2.73 bits per heavy atom. The summed E-state index contributed by atoms with van der Waals surface area (Å²) < 4.78 is 5.36. The molecule has 26 heavy (non-hydrogen) atoms. The molecule has 2 fully saturated rings. The monoisotopic (exact) mass is 374 g/mol. The van der Waals surface area contributed by atoms with E-state index in [1.54, 1.807) is 4.90 Å². The zero-order valence-electron chi connectivity index (χ0n) is 14.5. The van der Waals surface area contributed by atoms with Crippen molar-refractivity contribution >= 4 is 40.1 Å². The number of benzene rings is 1. The molecular formula is C18H22N4O3S. The van der Waals surface area contributed by atoms with Gasteiger partial charge in [0.05, 0.1) is 13.2 Å². The fourth-order valence-electron chi connectivity index (χ4n) is 3.33. The van der Waals surface area contributed by atoms with E-state index in [1.165, 1.54) is 11.8 Å². The van der Waals surface area contributed by atoms with E-state index in [2.05, 4.69) is 15.2 Å². The number of hydrogen-bond acceptors (Lipinski definition) is 6. The Hall–Kier alpha value is -2.06. The number of ether oxygens (including phenoxy) is 1. The average molecular weight is 374 g/mol. The molecule has 0 bridgehead atoms. The molecule has 7 nitrogen and oxygen atoms in total. The topological polar surface area (TPSA) is 74.2 Å². The normalized spacial score (nSPS) is 22.8. The van der Waals surface area contributed by atoms with Crippen molar-refractivity contribution in [2.75, 3.05) is 49.6 Å². The van der Waals surface area contributed by atoms with Crippen LogP contribution in [0.5, 0.6) is 0 Å². The smallest absolute Gasteiger partial charge is 0.242 e. The lowest BCUT2D eigenvalue weighted by atomic mass is 10.2. The first-order valence-corrected chi connectivity index (χ1v) is 9.84. The Labute approximate surface area is 156 Å². The number of hydrogen-bond donors (Lipinski definition) is 1. The van der Waals surface area contributed by atoms with Crippen molar-refractivity contribution in [3.05, 3.63) is 24.3 Å². The van der Waals surface area contributed by atoms with Gasteiger partial charge in [-0.3, -0.25) is 19.5 Å². The highest BCUT2D eigenvalue weighted by Gasteiger charge is 2.39. The fourth-order valence-corrected chi connectivity index (χ4v) is 4.52. The Morgan fingerprint density at radius 1 is 1.23 bits per heavy atom. The van der Waals surface area contributed by atoms with Crippen LogP contribution in [0.4, 0.5) is 11.4 Å². The highest BCUT2D eigenvalue weighted by atomic mass is 32.2. The third-order valence-corrected chi connectivity index (χ3v) is 5.92. The van der Waals surface area contributed by atoms with Gasteiger partial charge in [-0.15, -0.1) is 0 Å². The summed E-state index contributed by atoms with van der Waals surface area (Å²) >= 11 is 1.41. The summed E-state index contributed by atoms with van der Waals surface area (Å²) in [6, 6.07) is 7.82. The number of nitrogens with zero attached hydrogens (tertiary/aromatic N) is 3. The fraction of sp³-hybridized carbons (Fsp3) is 0.500. The van der Waals surface area contributed by atoms with Gasteiger partial charge in [-0.25, -0.2) is 0 Å². The number of anilines is 2. The molecule has 4 rings (SSSR count). The predicted octanol–water partition coefficient (Wildman–Crippen LogP) is 1.56. The Kier molecular flexibility index (Phi) is 5.12. The average Bonchev–Trinajstić information content (AvgIpc) is 2.99. The standard InChI is InChI=1S/C18H22N4O3S/c23-16(12-15-17(24)22-7-1-6-19-18(22)26-15)20-13-2-4-14(5-3-13)21-8-10-25-11-9-21/h2-5,15H,1,6-12H2,(H,20,23). The molecule has 1 atom stereocenters. The lowest BCUT2D eigenvalue weighted by Crippen LogP contribution is -2.36. The summed E-state index contributed by atoms with van der Waals surface area (Å²) in [5.41, 5.74) is 1.88. The van der Waals surface area contributed by atoms with Crippen LogP contribution in [0.25, 0.3) is 0 Å². The number of amidine groups is 1. The second-order valence-electron chi connectivity index (χ2n) is 6.51. The van der Waals surface area contributed by atoms with Crippen LogP contribution in [-0.2, 0) is 14.3 Å². The van der Waals surface area contributed by atoms with Gasteiger partial charge in [0, 0.05) is 44.0 Å². The maximum absolute atomic E-state index is 12.4. The van der Waals surface area contributed by atoms with E-state index in [9.17, 15) is 9.59 Å². The molecule has 8 heteroatoms. The van der Waals surface area contributed by atoms with Crippen molar-refractivity contribution in [2.45, 2.75) is 18.1 Å². The van der Waals surface area contributed by atoms with Crippen molar-refractivity contribution in [3.8, 4) is 0 Å². The van der Waals surface area contributed by atoms with Crippen LogP contribution in [0.3, 0.4) is 0 Å². The minimum absolute atomic E-state index is 0.00580. The number of thioether (sulfide) groups is 1. The van der Waals surface area contributed by atoms with Gasteiger partial charge in [-0.1, -0.05) is 11.8 Å². The highest BCUT2D eigenvalue weighted by Crippen LogP contribution is 2.31. The van der Waals surface area contributed by atoms with Crippen molar-refractivity contribution < 1.29 is 14.3 Å². The Morgan fingerprint density at radius 2 is 2.00 bits per heavy atom. The van der Waals surface area contributed by atoms with Crippen LogP contribution in [0, 0.1) is 0 Å². The number of carbonyl (C=O) groups is 2. The third-order valence-electron chi connectivity index (χ3n) is 4.71. The second-order valence-corrected chi connectivity index (χ2v) is 7.68. The molecule has 1 aromatic rings. The molecule has 138 valence electrons. The van der Waals surface area contributed by atoms with E-state index in [1.807, 2.05) is 24.3 Å². The van der Waals surface area contributed by atoms with Gasteiger partial charge in [0.2, 0.25) is 11.8 Å². The lowest BCUT2D eigenvalue weighted by Gasteiger charge is -2.28. The molecule has 3 heterocycles. The number of aliphatic imine (C=N–C) groups is 1. The van der Waals surface area contributed by atoms with Crippen LogP contribution in [-0.4, -0.2) is 66.5 Å². The zero-order valence-corrected chi connectivity index (χ0v) is 15.3. The molecule has 1 unspecified atom stereocenters. The minimum Gasteiger partial charge on any atom is -0.378 e. The Bertz CT molecular complexity index is 716. The second kappa shape index (κ2) is 7.67. The molecular weight excluding hydrogens is 352 g/mol. The van der Waals surface area contributed by atoms with Crippen LogP contribution in [0.1, 0.15) is 12.8 Å². The van der Waals surface area contributed by atoms with Gasteiger partial charge in [0.1, 0.15) is 5.25 Å². The van der Waals surface area contributed by atoms with Crippen molar-refractivity contribution in [3.63, 3.8) is 0 Å². The maximum Gasteiger partial charge on any atom is 0.242 e. The molecule has 3 aliphatic heterocycles. The molecule has 0 aliphatic carbocycles. The quantitative estimate of drug-likeness (QED) is 0.866. The highest BCUT2D eigenvalue weighted by molar-refractivity contribution is 8.15. The first kappa shape index (κ1) is 17.4. The number of morpholine rings is 1. The van der Waals surface area contributed by atoms with Crippen LogP contribution in [0.2, 0.25) is 0 Å². The van der Waals surface area contributed by atoms with Crippen LogP contribution < -0.4 is 10.2 Å². The number of rotatable bonds is 4. The predicted molar refractivity (Wildman–Crippen MR) is 103 cm³/mol. The first-order chi connectivity index (χ1) is 12.7. The SMILES string of the molecule is O=C(CC1SC2=NCCCN2C1=O)Nc1ccc(N2CCOCC2)cc1. The summed E-state index contributed by atoms with van der Waals surface area (Å²) in [5.74, 6) is -0.137. The summed E-state index contributed by atoms with van der Waals surface area (Å²) in [6.45, 7) is 4.73. The lowest BCUT2D eigenvalue weighted by molar-refractivity contribution is -0.128. The van der Waals surface area contributed by atoms with Crippen LogP contribution >= 0.6 is 11.8 Å². The summed E-state index contributed by atoms with van der Waals surface area (Å²) in [6.07, 6.45) is 1.06. The molecule has 0 radical (unpaired) electrons. The molecule has 1 N–H and O–H groups in total. The number of fused-ring (bicyclic) bond motifs is 1. The van der Waals surface area contributed by atoms with E-state index in [-0.39, 0.29) is 23.5 Å². The molecule has 2 saturated heterocycles. The first-order valence-electron chi connectivity index (χ1n) is 8.96. The van der Waals surface area contributed by atoms with Gasteiger partial charge >= 0.3 is 0 Å². The van der Waals surface area contributed by atoms with Gasteiger partial charge in [-0.2, -0.15) is 0 Å². The zero-order chi connectivity index (χ0) is 17.9. The minimum atomic E-state index is -0.362. The number of carbonyl (C=O) groups excluding carboxylic acids is 2. The largest absolute Gasteiger partial charge is 0.378 e. The van der Waals surface area contributed by atoms with E-state index < -0.39 is 0 Å². The molecule has 0 spiro atoms. The molecule has 1 aromatic carbocycles. The molecule has 0 aromatic heterocycles. The van der Waals surface area contributed by atoms with Crippen molar-refractivity contribution in [1.29, 1.82) is 0 Å². The van der Waals surface area contributed by atoms with E-state index in [0.29, 0.717) is 6.54 Å². The van der Waals surface area contributed by atoms with Gasteiger partial charge in [0.15, 0.2) is 5.17 Å². The summed E-state index contributed by atoms with van der Waals surface area (Å²) in [5, 5.41) is 3.31. The van der Waals surface area contributed by atoms with Gasteiger partial charge < -0.3 is 15.0 Å². The summed E-state index contributed by atoms with van der Waals surface area (Å²) in [7, 11) is 0. The summed E-state index contributed by atoms with van der Waals surface area (Å²) in [4.78, 5) is 33.1.